The minimum atomic E-state index is -1.03. The van der Waals surface area contributed by atoms with Crippen molar-refractivity contribution in [2.24, 2.45) is 0 Å². The number of ether oxygens (including phenoxy) is 1. The molecule has 0 fully saturated rings. The van der Waals surface area contributed by atoms with E-state index in [0.717, 1.165) is 5.56 Å². The summed E-state index contributed by atoms with van der Waals surface area (Å²) in [5.74, 6) is -0.657. The summed E-state index contributed by atoms with van der Waals surface area (Å²) in [6, 6.07) is 7.44. The molecule has 21 heavy (non-hydrogen) atoms. The molecule has 5 nitrogen and oxygen atoms in total. The van der Waals surface area contributed by atoms with Crippen LogP contribution in [0.5, 0.6) is 0 Å². The van der Waals surface area contributed by atoms with Gasteiger partial charge in [-0.2, -0.15) is 0 Å². The molecule has 2 aromatic rings. The SMILES string of the molecule is COCc1cccc(-c2noc(C(C)(C)C)c2C(=O)O)c1. The quantitative estimate of drug-likeness (QED) is 0.932. The van der Waals surface area contributed by atoms with Gasteiger partial charge in [-0.1, -0.05) is 44.1 Å². The van der Waals surface area contributed by atoms with Crippen molar-refractivity contribution < 1.29 is 19.2 Å². The smallest absolute Gasteiger partial charge is 0.341 e. The Balaban J connectivity index is 2.57. The highest BCUT2D eigenvalue weighted by molar-refractivity contribution is 5.96. The first-order valence-electron chi connectivity index (χ1n) is 6.66. The lowest BCUT2D eigenvalue weighted by Gasteiger charge is -2.14. The summed E-state index contributed by atoms with van der Waals surface area (Å²) in [7, 11) is 1.61. The maximum atomic E-state index is 11.6. The fraction of sp³-hybridized carbons (Fsp3) is 0.375. The number of carboxylic acid groups (broad SMARTS) is 1. The van der Waals surface area contributed by atoms with Crippen molar-refractivity contribution in [3.8, 4) is 11.3 Å². The normalized spacial score (nSPS) is 11.6. The maximum absolute atomic E-state index is 11.6. The monoisotopic (exact) mass is 289 g/mol. The Bertz CT molecular complexity index is 653. The van der Waals surface area contributed by atoms with E-state index in [1.54, 1.807) is 7.11 Å². The number of rotatable bonds is 4. The highest BCUT2D eigenvalue weighted by atomic mass is 16.5. The molecule has 5 heteroatoms. The molecule has 1 aromatic carbocycles. The molecule has 112 valence electrons. The van der Waals surface area contributed by atoms with Gasteiger partial charge >= 0.3 is 5.97 Å². The molecule has 1 N–H and O–H groups in total. The minimum Gasteiger partial charge on any atom is -0.477 e. The van der Waals surface area contributed by atoms with Gasteiger partial charge in [-0.25, -0.2) is 4.79 Å². The molecular formula is C16H19NO4. The van der Waals surface area contributed by atoms with Crippen LogP contribution in [-0.2, 0) is 16.8 Å². The second kappa shape index (κ2) is 5.69. The van der Waals surface area contributed by atoms with Crippen molar-refractivity contribution in [2.75, 3.05) is 7.11 Å². The summed E-state index contributed by atoms with van der Waals surface area (Å²) in [6.07, 6.45) is 0. The highest BCUT2D eigenvalue weighted by Gasteiger charge is 2.31. The van der Waals surface area contributed by atoms with Gasteiger partial charge < -0.3 is 14.4 Å². The van der Waals surface area contributed by atoms with E-state index in [1.807, 2.05) is 45.0 Å². The summed E-state index contributed by atoms with van der Waals surface area (Å²) < 4.78 is 10.4. The van der Waals surface area contributed by atoms with Crippen molar-refractivity contribution in [1.82, 2.24) is 5.16 Å². The van der Waals surface area contributed by atoms with E-state index >= 15 is 0 Å². The van der Waals surface area contributed by atoms with Crippen LogP contribution >= 0.6 is 0 Å². The van der Waals surface area contributed by atoms with Crippen LogP contribution in [0.1, 0.15) is 42.5 Å². The van der Waals surface area contributed by atoms with Crippen LogP contribution in [0, 0.1) is 0 Å². The molecule has 1 heterocycles. The fourth-order valence-corrected chi connectivity index (χ4v) is 2.17. The number of carbonyl (C=O) groups is 1. The van der Waals surface area contributed by atoms with E-state index in [9.17, 15) is 9.90 Å². The van der Waals surface area contributed by atoms with E-state index in [1.165, 1.54) is 0 Å². The summed E-state index contributed by atoms with van der Waals surface area (Å²) in [5.41, 5.74) is 1.71. The first kappa shape index (κ1) is 15.3. The van der Waals surface area contributed by atoms with E-state index in [0.29, 0.717) is 23.6 Å². The molecular weight excluding hydrogens is 270 g/mol. The third kappa shape index (κ3) is 3.13. The number of nitrogens with zero attached hydrogens (tertiary/aromatic N) is 1. The second-order valence-electron chi connectivity index (χ2n) is 5.92. The number of benzene rings is 1. The van der Waals surface area contributed by atoms with Crippen molar-refractivity contribution in [3.05, 3.63) is 41.2 Å². The van der Waals surface area contributed by atoms with Crippen molar-refractivity contribution in [3.63, 3.8) is 0 Å². The van der Waals surface area contributed by atoms with Crippen LogP contribution in [0.15, 0.2) is 28.8 Å². The van der Waals surface area contributed by atoms with Gasteiger partial charge in [-0.3, -0.25) is 0 Å². The Morgan fingerprint density at radius 3 is 2.67 bits per heavy atom. The fourth-order valence-electron chi connectivity index (χ4n) is 2.17. The van der Waals surface area contributed by atoms with Gasteiger partial charge in [-0.05, 0) is 11.6 Å². The Morgan fingerprint density at radius 2 is 2.10 bits per heavy atom. The first-order valence-corrected chi connectivity index (χ1v) is 6.66. The lowest BCUT2D eigenvalue weighted by atomic mass is 9.88. The van der Waals surface area contributed by atoms with Crippen LogP contribution in [0.2, 0.25) is 0 Å². The average Bonchev–Trinajstić information content (AvgIpc) is 2.84. The van der Waals surface area contributed by atoms with E-state index < -0.39 is 11.4 Å². The topological polar surface area (TPSA) is 72.6 Å². The van der Waals surface area contributed by atoms with Gasteiger partial charge in [0.1, 0.15) is 11.3 Å². The zero-order valence-corrected chi connectivity index (χ0v) is 12.6. The standard InChI is InChI=1S/C16H19NO4/c1-16(2,3)14-12(15(18)19)13(17-21-14)11-7-5-6-10(8-11)9-20-4/h5-8H,9H2,1-4H3,(H,18,19). The summed E-state index contributed by atoms with van der Waals surface area (Å²) >= 11 is 0. The zero-order valence-electron chi connectivity index (χ0n) is 12.6. The van der Waals surface area contributed by atoms with Crippen LogP contribution in [-0.4, -0.2) is 23.3 Å². The molecule has 0 saturated carbocycles. The Kier molecular flexibility index (Phi) is 4.14. The van der Waals surface area contributed by atoms with Gasteiger partial charge in [0.05, 0.1) is 6.61 Å². The summed E-state index contributed by atoms with van der Waals surface area (Å²) in [6.45, 7) is 6.14. The Labute approximate surface area is 123 Å². The molecule has 0 bridgehead atoms. The predicted octanol–water partition coefficient (Wildman–Crippen LogP) is 3.48. The number of methoxy groups -OCH3 is 1. The second-order valence-corrected chi connectivity index (χ2v) is 5.92. The molecule has 0 radical (unpaired) electrons. The minimum absolute atomic E-state index is 0.122. The third-order valence-electron chi connectivity index (χ3n) is 3.10. The van der Waals surface area contributed by atoms with Crippen molar-refractivity contribution >= 4 is 5.97 Å². The van der Waals surface area contributed by atoms with Gasteiger partial charge in [0.15, 0.2) is 5.76 Å². The molecule has 2 rings (SSSR count). The van der Waals surface area contributed by atoms with Gasteiger partial charge in [0, 0.05) is 18.1 Å². The van der Waals surface area contributed by atoms with Crippen LogP contribution in [0.3, 0.4) is 0 Å². The molecule has 0 aliphatic rings. The molecule has 0 aliphatic carbocycles. The summed E-state index contributed by atoms with van der Waals surface area (Å²) in [4.78, 5) is 11.6. The number of aromatic carboxylic acids is 1. The van der Waals surface area contributed by atoms with Gasteiger partial charge in [0.2, 0.25) is 0 Å². The number of aromatic nitrogens is 1. The average molecular weight is 289 g/mol. The van der Waals surface area contributed by atoms with Gasteiger partial charge in [0.25, 0.3) is 0 Å². The molecule has 0 atom stereocenters. The van der Waals surface area contributed by atoms with Crippen LogP contribution in [0.4, 0.5) is 0 Å². The lowest BCUT2D eigenvalue weighted by Crippen LogP contribution is -2.15. The summed E-state index contributed by atoms with van der Waals surface area (Å²) in [5, 5.41) is 13.5. The molecule has 0 aliphatic heterocycles. The molecule has 0 saturated heterocycles. The van der Waals surface area contributed by atoms with Gasteiger partial charge in [-0.15, -0.1) is 0 Å². The largest absolute Gasteiger partial charge is 0.477 e. The number of carboxylic acids is 1. The number of hydrogen-bond acceptors (Lipinski definition) is 4. The molecule has 0 unspecified atom stereocenters. The maximum Gasteiger partial charge on any atom is 0.341 e. The number of hydrogen-bond donors (Lipinski definition) is 1. The molecule has 0 amide bonds. The lowest BCUT2D eigenvalue weighted by molar-refractivity contribution is 0.0693. The van der Waals surface area contributed by atoms with E-state index in [4.69, 9.17) is 9.26 Å². The molecule has 0 spiro atoms. The van der Waals surface area contributed by atoms with E-state index in [2.05, 4.69) is 5.16 Å². The van der Waals surface area contributed by atoms with Crippen molar-refractivity contribution in [1.29, 1.82) is 0 Å². The van der Waals surface area contributed by atoms with Crippen molar-refractivity contribution in [2.45, 2.75) is 32.8 Å². The Morgan fingerprint density at radius 1 is 1.38 bits per heavy atom. The van der Waals surface area contributed by atoms with Crippen LogP contribution < -0.4 is 0 Å². The zero-order chi connectivity index (χ0) is 15.6. The highest BCUT2D eigenvalue weighted by Crippen LogP contribution is 2.33. The predicted molar refractivity (Wildman–Crippen MR) is 78.3 cm³/mol. The first-order chi connectivity index (χ1) is 9.84. The van der Waals surface area contributed by atoms with Crippen LogP contribution in [0.25, 0.3) is 11.3 Å². The third-order valence-corrected chi connectivity index (χ3v) is 3.10. The van der Waals surface area contributed by atoms with E-state index in [-0.39, 0.29) is 5.56 Å². The Hall–Kier alpha value is -2.14. The molecule has 1 aromatic heterocycles.